The first-order valence-corrected chi connectivity index (χ1v) is 9.44. The van der Waals surface area contributed by atoms with Gasteiger partial charge in [-0.2, -0.15) is 0 Å². The monoisotopic (exact) mass is 361 g/mol. The number of amides is 1. The lowest BCUT2D eigenvalue weighted by molar-refractivity contribution is -0.129. The molecule has 1 aliphatic rings. The summed E-state index contributed by atoms with van der Waals surface area (Å²) in [6, 6.07) is 7.78. The average molecular weight is 361 g/mol. The van der Waals surface area contributed by atoms with E-state index >= 15 is 0 Å². The topological polar surface area (TPSA) is 73.1 Å². The van der Waals surface area contributed by atoms with Crippen molar-refractivity contribution in [3.8, 4) is 5.75 Å². The van der Waals surface area contributed by atoms with E-state index in [1.54, 1.807) is 11.8 Å². The molecule has 0 spiro atoms. The predicted octanol–water partition coefficient (Wildman–Crippen LogP) is 2.08. The van der Waals surface area contributed by atoms with Crippen LogP contribution in [0.15, 0.2) is 29.4 Å². The summed E-state index contributed by atoms with van der Waals surface area (Å²) in [6.45, 7) is 4.52. The SMILES string of the molecule is COc1ccc(Cn2nnnc2SCC(=O)N2CCC(C)CC2)cc1. The Morgan fingerprint density at radius 3 is 2.68 bits per heavy atom. The summed E-state index contributed by atoms with van der Waals surface area (Å²) >= 11 is 1.39. The molecular formula is C17H23N5O2S. The number of piperidine rings is 1. The Morgan fingerprint density at radius 1 is 1.28 bits per heavy atom. The van der Waals surface area contributed by atoms with E-state index in [9.17, 15) is 4.79 Å². The number of nitrogens with zero attached hydrogens (tertiary/aromatic N) is 5. The van der Waals surface area contributed by atoms with Crippen LogP contribution in [0, 0.1) is 5.92 Å². The van der Waals surface area contributed by atoms with Crippen molar-refractivity contribution < 1.29 is 9.53 Å². The molecule has 1 fully saturated rings. The van der Waals surface area contributed by atoms with Gasteiger partial charge in [0.25, 0.3) is 0 Å². The Bertz CT molecular complexity index is 695. The Morgan fingerprint density at radius 2 is 2.00 bits per heavy atom. The summed E-state index contributed by atoms with van der Waals surface area (Å²) < 4.78 is 6.88. The van der Waals surface area contributed by atoms with Crippen LogP contribution in [0.25, 0.3) is 0 Å². The molecule has 2 heterocycles. The standard InChI is InChI=1S/C17H23N5O2S/c1-13-7-9-21(10-8-13)16(23)12-25-17-18-19-20-22(17)11-14-3-5-15(24-2)6-4-14/h3-6,13H,7-12H2,1-2H3. The third kappa shape index (κ3) is 4.72. The highest BCUT2D eigenvalue weighted by Crippen LogP contribution is 2.20. The number of methoxy groups -OCH3 is 1. The number of likely N-dealkylation sites (tertiary alicyclic amines) is 1. The lowest BCUT2D eigenvalue weighted by atomic mass is 9.99. The van der Waals surface area contributed by atoms with Crippen molar-refractivity contribution in [1.29, 1.82) is 0 Å². The van der Waals surface area contributed by atoms with Crippen LogP contribution in [-0.2, 0) is 11.3 Å². The van der Waals surface area contributed by atoms with E-state index in [0.29, 0.717) is 23.4 Å². The number of tetrazole rings is 1. The maximum absolute atomic E-state index is 12.4. The van der Waals surface area contributed by atoms with Crippen LogP contribution < -0.4 is 4.74 Å². The molecule has 134 valence electrons. The summed E-state index contributed by atoms with van der Waals surface area (Å²) in [6.07, 6.45) is 2.18. The van der Waals surface area contributed by atoms with Crippen LogP contribution in [0.1, 0.15) is 25.3 Å². The van der Waals surface area contributed by atoms with Crippen molar-refractivity contribution in [2.45, 2.75) is 31.5 Å². The maximum atomic E-state index is 12.4. The van der Waals surface area contributed by atoms with Gasteiger partial charge in [-0.05, 0) is 46.9 Å². The molecule has 1 amide bonds. The summed E-state index contributed by atoms with van der Waals surface area (Å²) in [5.41, 5.74) is 1.08. The van der Waals surface area contributed by atoms with Gasteiger partial charge in [0.2, 0.25) is 11.1 Å². The predicted molar refractivity (Wildman–Crippen MR) is 95.6 cm³/mol. The Balaban J connectivity index is 1.55. The smallest absolute Gasteiger partial charge is 0.233 e. The molecule has 0 saturated carbocycles. The number of aromatic nitrogens is 4. The van der Waals surface area contributed by atoms with E-state index in [1.807, 2.05) is 29.2 Å². The van der Waals surface area contributed by atoms with Crippen molar-refractivity contribution >= 4 is 17.7 Å². The van der Waals surface area contributed by atoms with Gasteiger partial charge in [0.05, 0.1) is 19.4 Å². The van der Waals surface area contributed by atoms with E-state index in [1.165, 1.54) is 11.8 Å². The van der Waals surface area contributed by atoms with E-state index in [4.69, 9.17) is 4.74 Å². The molecule has 0 bridgehead atoms. The van der Waals surface area contributed by atoms with Gasteiger partial charge < -0.3 is 9.64 Å². The van der Waals surface area contributed by atoms with Crippen LogP contribution in [0.2, 0.25) is 0 Å². The molecule has 0 unspecified atom stereocenters. The van der Waals surface area contributed by atoms with E-state index in [-0.39, 0.29) is 5.91 Å². The van der Waals surface area contributed by atoms with Gasteiger partial charge in [-0.1, -0.05) is 30.8 Å². The lowest BCUT2D eigenvalue weighted by Crippen LogP contribution is -2.38. The highest BCUT2D eigenvalue weighted by molar-refractivity contribution is 7.99. The molecule has 8 heteroatoms. The molecule has 25 heavy (non-hydrogen) atoms. The van der Waals surface area contributed by atoms with Crippen molar-refractivity contribution in [3.05, 3.63) is 29.8 Å². The zero-order valence-corrected chi connectivity index (χ0v) is 15.4. The molecule has 1 aromatic carbocycles. The van der Waals surface area contributed by atoms with E-state index < -0.39 is 0 Å². The highest BCUT2D eigenvalue weighted by Gasteiger charge is 2.21. The summed E-state index contributed by atoms with van der Waals surface area (Å²) in [4.78, 5) is 14.3. The molecule has 1 aromatic heterocycles. The molecule has 1 saturated heterocycles. The van der Waals surface area contributed by atoms with Crippen molar-refractivity contribution in [2.75, 3.05) is 26.0 Å². The van der Waals surface area contributed by atoms with E-state index in [0.717, 1.165) is 37.2 Å². The van der Waals surface area contributed by atoms with Gasteiger partial charge in [0, 0.05) is 13.1 Å². The first-order chi connectivity index (χ1) is 12.2. The number of ether oxygens (including phenoxy) is 1. The quantitative estimate of drug-likeness (QED) is 0.734. The second-order valence-electron chi connectivity index (χ2n) is 6.32. The van der Waals surface area contributed by atoms with Crippen molar-refractivity contribution in [1.82, 2.24) is 25.1 Å². The second-order valence-corrected chi connectivity index (χ2v) is 7.26. The van der Waals surface area contributed by atoms with Gasteiger partial charge in [-0.15, -0.1) is 5.10 Å². The van der Waals surface area contributed by atoms with Crippen LogP contribution in [-0.4, -0.2) is 57.0 Å². The number of benzene rings is 1. The van der Waals surface area contributed by atoms with E-state index in [2.05, 4.69) is 22.4 Å². The van der Waals surface area contributed by atoms with Gasteiger partial charge >= 0.3 is 0 Å². The first-order valence-electron chi connectivity index (χ1n) is 8.45. The van der Waals surface area contributed by atoms with Gasteiger partial charge in [0.1, 0.15) is 5.75 Å². The zero-order valence-electron chi connectivity index (χ0n) is 14.6. The molecule has 0 radical (unpaired) electrons. The molecule has 0 N–H and O–H groups in total. The average Bonchev–Trinajstić information content (AvgIpc) is 3.08. The fourth-order valence-corrected chi connectivity index (χ4v) is 3.56. The van der Waals surface area contributed by atoms with Gasteiger partial charge in [-0.3, -0.25) is 4.79 Å². The van der Waals surface area contributed by atoms with Crippen LogP contribution >= 0.6 is 11.8 Å². The van der Waals surface area contributed by atoms with Crippen molar-refractivity contribution in [3.63, 3.8) is 0 Å². The molecule has 2 aromatic rings. The molecule has 0 atom stereocenters. The third-order valence-corrected chi connectivity index (χ3v) is 5.39. The minimum absolute atomic E-state index is 0.163. The summed E-state index contributed by atoms with van der Waals surface area (Å²) in [7, 11) is 1.64. The highest BCUT2D eigenvalue weighted by atomic mass is 32.2. The fraction of sp³-hybridized carbons (Fsp3) is 0.529. The third-order valence-electron chi connectivity index (χ3n) is 4.45. The molecule has 7 nitrogen and oxygen atoms in total. The molecular weight excluding hydrogens is 338 g/mol. The molecule has 3 rings (SSSR count). The first kappa shape index (κ1) is 17.7. The maximum Gasteiger partial charge on any atom is 0.233 e. The number of carbonyl (C=O) groups is 1. The summed E-state index contributed by atoms with van der Waals surface area (Å²) in [5, 5.41) is 12.5. The van der Waals surface area contributed by atoms with Crippen LogP contribution in [0.4, 0.5) is 0 Å². The number of hydrogen-bond donors (Lipinski definition) is 0. The van der Waals surface area contributed by atoms with Crippen LogP contribution in [0.5, 0.6) is 5.75 Å². The Labute approximate surface area is 151 Å². The lowest BCUT2D eigenvalue weighted by Gasteiger charge is -2.30. The minimum Gasteiger partial charge on any atom is -0.497 e. The number of carbonyl (C=O) groups excluding carboxylic acids is 1. The number of thioether (sulfide) groups is 1. The Hall–Kier alpha value is -2.09. The summed E-state index contributed by atoms with van der Waals surface area (Å²) in [5.74, 6) is 2.07. The van der Waals surface area contributed by atoms with Crippen LogP contribution in [0.3, 0.4) is 0 Å². The number of hydrogen-bond acceptors (Lipinski definition) is 6. The van der Waals surface area contributed by atoms with Gasteiger partial charge in [0.15, 0.2) is 0 Å². The minimum atomic E-state index is 0.163. The largest absolute Gasteiger partial charge is 0.497 e. The normalized spacial score (nSPS) is 15.4. The van der Waals surface area contributed by atoms with Crippen molar-refractivity contribution in [2.24, 2.45) is 5.92 Å². The number of rotatable bonds is 6. The molecule has 0 aliphatic carbocycles. The molecule has 1 aliphatic heterocycles. The fourth-order valence-electron chi connectivity index (χ4n) is 2.78. The Kier molecular flexibility index (Phi) is 5.91. The van der Waals surface area contributed by atoms with Gasteiger partial charge in [-0.25, -0.2) is 4.68 Å². The second kappa shape index (κ2) is 8.33. The zero-order chi connectivity index (χ0) is 17.6.